The number of hydrogen-bond acceptors (Lipinski definition) is 8. The second-order valence-corrected chi connectivity index (χ2v) is 11.8. The highest BCUT2D eigenvalue weighted by Gasteiger charge is 2.48. The summed E-state index contributed by atoms with van der Waals surface area (Å²) in [4.78, 5) is 31.4. The molecule has 36 heavy (non-hydrogen) atoms. The van der Waals surface area contributed by atoms with Gasteiger partial charge in [-0.05, 0) is 69.5 Å². The zero-order chi connectivity index (χ0) is 25.7. The molecule has 1 aliphatic carbocycles. The lowest BCUT2D eigenvalue weighted by Gasteiger charge is -2.53. The van der Waals surface area contributed by atoms with Gasteiger partial charge in [0.25, 0.3) is 0 Å². The first-order valence-corrected chi connectivity index (χ1v) is 14.2. The number of amides is 1. The molecule has 8 nitrogen and oxygen atoms in total. The van der Waals surface area contributed by atoms with E-state index in [-0.39, 0.29) is 5.92 Å². The van der Waals surface area contributed by atoms with Gasteiger partial charge in [0.15, 0.2) is 0 Å². The molecule has 1 amide bonds. The second-order valence-electron chi connectivity index (χ2n) is 10.9. The average molecular weight is 512 g/mol. The first-order chi connectivity index (χ1) is 17.3. The number of thioether (sulfide) groups is 1. The molecule has 1 spiro atoms. The minimum atomic E-state index is 0.152. The third-order valence-corrected chi connectivity index (χ3v) is 8.50. The van der Waals surface area contributed by atoms with Crippen LogP contribution in [0, 0.1) is 23.2 Å². The fraction of sp³-hybridized carbons (Fsp3) is 0.630. The molecular formula is C27H41N7OS. The van der Waals surface area contributed by atoms with Crippen LogP contribution in [0.3, 0.4) is 0 Å². The van der Waals surface area contributed by atoms with Gasteiger partial charge < -0.3 is 20.4 Å². The fourth-order valence-electron chi connectivity index (χ4n) is 5.45. The van der Waals surface area contributed by atoms with Gasteiger partial charge in [-0.1, -0.05) is 18.6 Å². The Kier molecular flexibility index (Phi) is 8.72. The van der Waals surface area contributed by atoms with E-state index in [0.29, 0.717) is 29.1 Å². The first kappa shape index (κ1) is 26.7. The molecule has 1 aromatic heterocycles. The van der Waals surface area contributed by atoms with E-state index in [9.17, 15) is 4.79 Å². The van der Waals surface area contributed by atoms with Gasteiger partial charge in [0.1, 0.15) is 5.82 Å². The Morgan fingerprint density at radius 1 is 1.25 bits per heavy atom. The van der Waals surface area contributed by atoms with Crippen molar-refractivity contribution in [3.8, 4) is 0 Å². The smallest absolute Gasteiger partial charge is 0.226 e. The summed E-state index contributed by atoms with van der Waals surface area (Å²) in [5, 5.41) is 6.65. The van der Waals surface area contributed by atoms with Crippen molar-refractivity contribution in [3.05, 3.63) is 35.9 Å². The maximum Gasteiger partial charge on any atom is 0.226 e. The number of aliphatic imine (C=N–C) groups is 1. The van der Waals surface area contributed by atoms with Gasteiger partial charge in [-0.2, -0.15) is 0 Å². The summed E-state index contributed by atoms with van der Waals surface area (Å²) in [7, 11) is 2.18. The number of carbonyl (C=O) groups excluding carboxylic acids is 1. The summed E-state index contributed by atoms with van der Waals surface area (Å²) in [5.41, 5.74) is 1.72. The van der Waals surface area contributed by atoms with Crippen molar-refractivity contribution in [2.45, 2.75) is 38.0 Å². The second kappa shape index (κ2) is 11.8. The summed E-state index contributed by atoms with van der Waals surface area (Å²) in [6.45, 7) is 13.7. The molecule has 2 saturated heterocycles. The SMILES string of the molecule is C=N/C(=C\C=C(/C)[C@H]1C[C@@H]1C(=O)N1CCC2(CC1)CN(C)C2)NC[C@@H](C)CNc1ncc(SC)cn1. The monoisotopic (exact) mass is 511 g/mol. The average Bonchev–Trinajstić information content (AvgIpc) is 3.68. The number of piperidine rings is 1. The van der Waals surface area contributed by atoms with E-state index in [2.05, 4.69) is 69.1 Å². The Balaban J connectivity index is 1.19. The molecule has 9 heteroatoms. The first-order valence-electron chi connectivity index (χ1n) is 13.0. The van der Waals surface area contributed by atoms with Gasteiger partial charge in [-0.15, -0.1) is 11.8 Å². The van der Waals surface area contributed by atoms with Gasteiger partial charge in [0, 0.05) is 62.5 Å². The lowest BCUT2D eigenvalue weighted by atomic mass is 9.72. The summed E-state index contributed by atoms with van der Waals surface area (Å²) in [6, 6.07) is 0. The van der Waals surface area contributed by atoms with Crippen LogP contribution in [0.4, 0.5) is 5.95 Å². The summed E-state index contributed by atoms with van der Waals surface area (Å²) in [6.07, 6.45) is 13.0. The topological polar surface area (TPSA) is 85.8 Å². The number of hydrogen-bond donors (Lipinski definition) is 2. The normalized spacial score (nSPS) is 24.7. The van der Waals surface area contributed by atoms with Crippen molar-refractivity contribution in [2.75, 3.05) is 57.9 Å². The largest absolute Gasteiger partial charge is 0.370 e. The van der Waals surface area contributed by atoms with Crippen molar-refractivity contribution in [1.29, 1.82) is 0 Å². The number of allylic oxidation sites excluding steroid dienone is 3. The Bertz CT molecular complexity index is 976. The molecule has 0 unspecified atom stereocenters. The standard InChI is InChI=1S/C27H41N7OS/c1-19(14-30-26-31-15-21(36-5)16-32-26)13-29-24(28-3)7-6-20(2)22-12-23(22)25(35)34-10-8-27(9-11-34)17-33(4)18-27/h6-7,15-16,19,22-23,29H,3,8-14,17-18H2,1-2,4-5H3,(H,30,31,32)/b20-6+,24-7+/t19-,22-,23+/m1/s1. The molecule has 2 N–H and O–H groups in total. The predicted molar refractivity (Wildman–Crippen MR) is 148 cm³/mol. The van der Waals surface area contributed by atoms with Gasteiger partial charge in [-0.3, -0.25) is 4.79 Å². The molecule has 1 aromatic rings. The highest BCUT2D eigenvalue weighted by atomic mass is 32.2. The van der Waals surface area contributed by atoms with Gasteiger partial charge in [-0.25, -0.2) is 15.0 Å². The Morgan fingerprint density at radius 3 is 2.56 bits per heavy atom. The van der Waals surface area contributed by atoms with E-state index in [0.717, 1.165) is 56.2 Å². The van der Waals surface area contributed by atoms with Crippen LogP contribution in [0.2, 0.25) is 0 Å². The molecule has 0 bridgehead atoms. The molecule has 0 radical (unpaired) electrons. The minimum Gasteiger partial charge on any atom is -0.370 e. The highest BCUT2D eigenvalue weighted by molar-refractivity contribution is 7.98. The van der Waals surface area contributed by atoms with Gasteiger partial charge >= 0.3 is 0 Å². The van der Waals surface area contributed by atoms with E-state index >= 15 is 0 Å². The van der Waals surface area contributed by atoms with Crippen LogP contribution in [0.15, 0.2) is 45.8 Å². The van der Waals surface area contributed by atoms with Crippen LogP contribution in [0.25, 0.3) is 0 Å². The van der Waals surface area contributed by atoms with Crippen LogP contribution in [-0.4, -0.2) is 85.0 Å². The van der Waals surface area contributed by atoms with Crippen molar-refractivity contribution in [3.63, 3.8) is 0 Å². The third-order valence-electron chi connectivity index (χ3n) is 7.82. The van der Waals surface area contributed by atoms with Crippen LogP contribution in [0.1, 0.15) is 33.1 Å². The maximum absolute atomic E-state index is 13.0. The van der Waals surface area contributed by atoms with Gasteiger partial charge in [0.2, 0.25) is 11.9 Å². The van der Waals surface area contributed by atoms with Crippen LogP contribution < -0.4 is 10.6 Å². The number of aromatic nitrogens is 2. The number of nitrogens with zero attached hydrogens (tertiary/aromatic N) is 5. The van der Waals surface area contributed by atoms with Crippen molar-refractivity contribution < 1.29 is 4.79 Å². The Labute approximate surface area is 220 Å². The molecule has 1 saturated carbocycles. The van der Waals surface area contributed by atoms with Crippen LogP contribution in [0.5, 0.6) is 0 Å². The number of rotatable bonds is 11. The molecule has 3 fully saturated rings. The lowest BCUT2D eigenvalue weighted by molar-refractivity contribution is -0.137. The van der Waals surface area contributed by atoms with E-state index in [4.69, 9.17) is 0 Å². The molecule has 3 heterocycles. The minimum absolute atomic E-state index is 0.152. The molecule has 4 rings (SSSR count). The van der Waals surface area contributed by atoms with Crippen molar-refractivity contribution in [1.82, 2.24) is 25.1 Å². The molecule has 196 valence electrons. The quantitative estimate of drug-likeness (QED) is 0.267. The van der Waals surface area contributed by atoms with Crippen molar-refractivity contribution in [2.24, 2.45) is 28.2 Å². The Morgan fingerprint density at radius 2 is 1.94 bits per heavy atom. The van der Waals surface area contributed by atoms with Crippen molar-refractivity contribution >= 4 is 30.3 Å². The van der Waals surface area contributed by atoms with Crippen LogP contribution >= 0.6 is 11.8 Å². The third kappa shape index (κ3) is 6.68. The van der Waals surface area contributed by atoms with Gasteiger partial charge in [0.05, 0.1) is 0 Å². The summed E-state index contributed by atoms with van der Waals surface area (Å²) in [5.74, 6) is 2.60. The van der Waals surface area contributed by atoms with E-state index in [1.807, 2.05) is 24.7 Å². The molecule has 2 aliphatic heterocycles. The fourth-order valence-corrected chi connectivity index (χ4v) is 5.77. The summed E-state index contributed by atoms with van der Waals surface area (Å²) < 4.78 is 0. The van der Waals surface area contributed by atoms with E-state index in [1.54, 1.807) is 11.8 Å². The molecule has 3 aliphatic rings. The van der Waals surface area contributed by atoms with E-state index < -0.39 is 0 Å². The number of likely N-dealkylation sites (tertiary alicyclic amines) is 2. The zero-order valence-corrected chi connectivity index (χ0v) is 23.0. The number of anilines is 1. The lowest BCUT2D eigenvalue weighted by Crippen LogP contribution is -2.59. The highest BCUT2D eigenvalue weighted by Crippen LogP contribution is 2.47. The van der Waals surface area contributed by atoms with E-state index in [1.165, 1.54) is 18.7 Å². The summed E-state index contributed by atoms with van der Waals surface area (Å²) >= 11 is 1.63. The zero-order valence-electron chi connectivity index (χ0n) is 22.2. The maximum atomic E-state index is 13.0. The molecule has 0 aromatic carbocycles. The van der Waals surface area contributed by atoms with Crippen LogP contribution in [-0.2, 0) is 4.79 Å². The predicted octanol–water partition coefficient (Wildman–Crippen LogP) is 3.51. The molecular weight excluding hydrogens is 470 g/mol. The number of nitrogens with one attached hydrogen (secondary N) is 2. The number of carbonyl (C=O) groups is 1. The Hall–Kier alpha value is -2.39. The molecule has 3 atom stereocenters.